The molecular formula is C17H22F2N4OS. The minimum atomic E-state index is -2.88. The van der Waals surface area contributed by atoms with E-state index in [1.54, 1.807) is 12.1 Å². The molecule has 0 radical (unpaired) electrons. The highest BCUT2D eigenvalue weighted by Crippen LogP contribution is 2.27. The Kier molecular flexibility index (Phi) is 6.69. The Morgan fingerprint density at radius 3 is 2.68 bits per heavy atom. The van der Waals surface area contributed by atoms with Gasteiger partial charge in [-0.25, -0.2) is 0 Å². The van der Waals surface area contributed by atoms with Crippen LogP contribution in [0.4, 0.5) is 14.5 Å². The van der Waals surface area contributed by atoms with Crippen molar-refractivity contribution in [2.45, 2.75) is 40.3 Å². The van der Waals surface area contributed by atoms with E-state index in [1.807, 2.05) is 31.5 Å². The van der Waals surface area contributed by atoms with Crippen LogP contribution in [0.1, 0.15) is 23.4 Å². The molecule has 2 rings (SSSR count). The Morgan fingerprint density at radius 1 is 1.28 bits per heavy atom. The van der Waals surface area contributed by atoms with E-state index >= 15 is 0 Å². The zero-order valence-corrected chi connectivity index (χ0v) is 15.3. The summed E-state index contributed by atoms with van der Waals surface area (Å²) in [6.45, 7) is 4.37. The first-order valence-corrected chi connectivity index (χ1v) is 8.37. The monoisotopic (exact) mass is 368 g/mol. The van der Waals surface area contributed by atoms with Crippen molar-refractivity contribution in [1.82, 2.24) is 15.1 Å². The SMILES string of the molecule is Cc1ccc(OC(F)F)c(NC(=S)NCCCn2nc(C)cc2C)c1. The Bertz CT molecular complexity index is 733. The molecule has 1 aromatic heterocycles. The number of rotatable bonds is 7. The van der Waals surface area contributed by atoms with Crippen LogP contribution in [0.5, 0.6) is 5.75 Å². The minimum Gasteiger partial charge on any atom is -0.433 e. The van der Waals surface area contributed by atoms with E-state index in [2.05, 4.69) is 20.5 Å². The number of alkyl halides is 2. The molecule has 1 heterocycles. The quantitative estimate of drug-likeness (QED) is 0.575. The van der Waals surface area contributed by atoms with E-state index in [9.17, 15) is 8.78 Å². The molecular weight excluding hydrogens is 346 g/mol. The van der Waals surface area contributed by atoms with Crippen LogP contribution in [-0.4, -0.2) is 28.0 Å². The number of halogens is 2. The van der Waals surface area contributed by atoms with Gasteiger partial charge in [-0.2, -0.15) is 13.9 Å². The van der Waals surface area contributed by atoms with E-state index < -0.39 is 6.61 Å². The highest BCUT2D eigenvalue weighted by Gasteiger charge is 2.11. The molecule has 0 bridgehead atoms. The molecule has 0 spiro atoms. The van der Waals surface area contributed by atoms with E-state index in [1.165, 1.54) is 6.07 Å². The highest BCUT2D eigenvalue weighted by molar-refractivity contribution is 7.80. The number of aryl methyl sites for hydroxylation is 4. The van der Waals surface area contributed by atoms with Gasteiger partial charge in [-0.15, -0.1) is 0 Å². The number of hydrogen-bond donors (Lipinski definition) is 2. The van der Waals surface area contributed by atoms with Gasteiger partial charge in [0.15, 0.2) is 5.11 Å². The maximum Gasteiger partial charge on any atom is 0.387 e. The lowest BCUT2D eigenvalue weighted by Gasteiger charge is -2.15. The molecule has 2 N–H and O–H groups in total. The van der Waals surface area contributed by atoms with Gasteiger partial charge in [-0.05, 0) is 63.2 Å². The number of anilines is 1. The molecule has 8 heteroatoms. The van der Waals surface area contributed by atoms with Crippen molar-refractivity contribution in [3.05, 3.63) is 41.2 Å². The fourth-order valence-electron chi connectivity index (χ4n) is 2.44. The number of thiocarbonyl (C=S) groups is 1. The highest BCUT2D eigenvalue weighted by atomic mass is 32.1. The third-order valence-electron chi connectivity index (χ3n) is 3.53. The second-order valence-electron chi connectivity index (χ2n) is 5.76. The number of hydrogen-bond acceptors (Lipinski definition) is 3. The predicted octanol–water partition coefficient (Wildman–Crippen LogP) is 3.79. The van der Waals surface area contributed by atoms with E-state index in [0.717, 1.165) is 29.9 Å². The minimum absolute atomic E-state index is 0.0624. The first-order chi connectivity index (χ1) is 11.8. The molecule has 2 aromatic rings. The number of aromatic nitrogens is 2. The van der Waals surface area contributed by atoms with Crippen molar-refractivity contribution < 1.29 is 13.5 Å². The van der Waals surface area contributed by atoms with Crippen LogP contribution >= 0.6 is 12.2 Å². The largest absolute Gasteiger partial charge is 0.433 e. The van der Waals surface area contributed by atoms with E-state index in [0.29, 0.717) is 17.3 Å². The average Bonchev–Trinajstić information content (AvgIpc) is 2.84. The molecule has 0 amide bonds. The molecule has 0 unspecified atom stereocenters. The summed E-state index contributed by atoms with van der Waals surface area (Å²) >= 11 is 5.22. The topological polar surface area (TPSA) is 51.1 Å². The van der Waals surface area contributed by atoms with Crippen LogP contribution in [0.25, 0.3) is 0 Å². The Balaban J connectivity index is 1.84. The third-order valence-corrected chi connectivity index (χ3v) is 3.78. The lowest BCUT2D eigenvalue weighted by Crippen LogP contribution is -2.30. The molecule has 0 aliphatic carbocycles. The summed E-state index contributed by atoms with van der Waals surface area (Å²) in [6.07, 6.45) is 0.831. The molecule has 1 aromatic carbocycles. The summed E-state index contributed by atoms with van der Waals surface area (Å²) in [6, 6.07) is 6.94. The predicted molar refractivity (Wildman–Crippen MR) is 98.4 cm³/mol. The molecule has 0 aliphatic rings. The van der Waals surface area contributed by atoms with E-state index in [-0.39, 0.29) is 5.75 Å². The molecule has 0 aliphatic heterocycles. The average molecular weight is 368 g/mol. The number of benzene rings is 1. The lowest BCUT2D eigenvalue weighted by atomic mass is 10.2. The van der Waals surface area contributed by atoms with Crippen LogP contribution in [0, 0.1) is 20.8 Å². The van der Waals surface area contributed by atoms with E-state index in [4.69, 9.17) is 12.2 Å². The summed E-state index contributed by atoms with van der Waals surface area (Å²) in [4.78, 5) is 0. The Labute approximate surface area is 151 Å². The molecule has 25 heavy (non-hydrogen) atoms. The van der Waals surface area contributed by atoms with Gasteiger partial charge >= 0.3 is 6.61 Å². The van der Waals surface area contributed by atoms with Gasteiger partial charge in [-0.3, -0.25) is 4.68 Å². The smallest absolute Gasteiger partial charge is 0.387 e. The number of ether oxygens (including phenoxy) is 1. The van der Waals surface area contributed by atoms with Gasteiger partial charge in [0.1, 0.15) is 5.75 Å². The van der Waals surface area contributed by atoms with Crippen molar-refractivity contribution in [2.75, 3.05) is 11.9 Å². The first kappa shape index (κ1) is 19.1. The summed E-state index contributed by atoms with van der Waals surface area (Å²) in [5.74, 6) is 0.0624. The van der Waals surface area contributed by atoms with Crippen molar-refractivity contribution in [3.63, 3.8) is 0 Å². The molecule has 0 fully saturated rings. The Morgan fingerprint density at radius 2 is 2.04 bits per heavy atom. The van der Waals surface area contributed by atoms with Crippen molar-refractivity contribution in [2.24, 2.45) is 0 Å². The van der Waals surface area contributed by atoms with Crippen LogP contribution in [-0.2, 0) is 6.54 Å². The van der Waals surface area contributed by atoms with Gasteiger partial charge in [0.05, 0.1) is 11.4 Å². The third kappa shape index (κ3) is 5.97. The fourth-order valence-corrected chi connectivity index (χ4v) is 2.65. The number of nitrogens with one attached hydrogen (secondary N) is 2. The first-order valence-electron chi connectivity index (χ1n) is 7.96. The number of nitrogens with zero attached hydrogens (tertiary/aromatic N) is 2. The molecule has 0 saturated carbocycles. The van der Waals surface area contributed by atoms with Crippen molar-refractivity contribution >= 4 is 23.0 Å². The molecule has 0 saturated heterocycles. The zero-order valence-electron chi connectivity index (χ0n) is 14.5. The van der Waals surface area contributed by atoms with Crippen LogP contribution in [0.3, 0.4) is 0 Å². The van der Waals surface area contributed by atoms with Gasteiger partial charge in [0.2, 0.25) is 0 Å². The van der Waals surface area contributed by atoms with Crippen LogP contribution in [0.15, 0.2) is 24.3 Å². The summed E-state index contributed by atoms with van der Waals surface area (Å²) < 4.78 is 31.4. The maximum atomic E-state index is 12.5. The Hall–Kier alpha value is -2.22. The van der Waals surface area contributed by atoms with Crippen molar-refractivity contribution in [1.29, 1.82) is 0 Å². The van der Waals surface area contributed by atoms with Gasteiger partial charge < -0.3 is 15.4 Å². The van der Waals surface area contributed by atoms with Gasteiger partial charge in [0, 0.05) is 18.8 Å². The lowest BCUT2D eigenvalue weighted by molar-refractivity contribution is -0.0493. The molecule has 5 nitrogen and oxygen atoms in total. The second-order valence-corrected chi connectivity index (χ2v) is 6.17. The normalized spacial score (nSPS) is 10.8. The standard InChI is InChI=1S/C17H22F2N4OS/c1-11-5-6-15(24-16(18)19)14(9-11)21-17(25)20-7-4-8-23-13(3)10-12(2)22-23/h5-6,9-10,16H,4,7-8H2,1-3H3,(H2,20,21,25). The van der Waals surface area contributed by atoms with Gasteiger partial charge in [0.25, 0.3) is 0 Å². The maximum absolute atomic E-state index is 12.5. The molecule has 0 atom stereocenters. The molecule has 136 valence electrons. The van der Waals surface area contributed by atoms with Crippen LogP contribution < -0.4 is 15.4 Å². The van der Waals surface area contributed by atoms with Crippen LogP contribution in [0.2, 0.25) is 0 Å². The second kappa shape index (κ2) is 8.75. The summed E-state index contributed by atoms with van der Waals surface area (Å²) in [7, 11) is 0. The summed E-state index contributed by atoms with van der Waals surface area (Å²) in [5.41, 5.74) is 3.44. The zero-order chi connectivity index (χ0) is 18.4. The fraction of sp³-hybridized carbons (Fsp3) is 0.412. The summed E-state index contributed by atoms with van der Waals surface area (Å²) in [5, 5.41) is 10.7. The van der Waals surface area contributed by atoms with Crippen molar-refractivity contribution in [3.8, 4) is 5.75 Å². The van der Waals surface area contributed by atoms with Gasteiger partial charge in [-0.1, -0.05) is 6.07 Å².